The van der Waals surface area contributed by atoms with Crippen molar-refractivity contribution in [1.82, 2.24) is 16.0 Å². The van der Waals surface area contributed by atoms with E-state index in [4.69, 9.17) is 16.6 Å². The summed E-state index contributed by atoms with van der Waals surface area (Å²) in [5, 5.41) is 25.5. The summed E-state index contributed by atoms with van der Waals surface area (Å²) in [4.78, 5) is 58.0. The first-order valence-electron chi connectivity index (χ1n) is 8.72. The first kappa shape index (κ1) is 25.3. The molecule has 0 bridgehead atoms. The molecule has 5 atom stereocenters. The lowest BCUT2D eigenvalue weighted by atomic mass is 9.99. The number of aliphatic hydroxyl groups excluding tert-OH is 1. The average molecular weight is 403 g/mol. The minimum Gasteiger partial charge on any atom is -0.480 e. The largest absolute Gasteiger partial charge is 0.480 e. The van der Waals surface area contributed by atoms with Crippen LogP contribution >= 0.6 is 0 Å². The normalized spacial score (nSPS) is 16.0. The summed E-state index contributed by atoms with van der Waals surface area (Å²) < 4.78 is 0. The zero-order valence-electron chi connectivity index (χ0n) is 16.1. The Morgan fingerprint density at radius 3 is 2.00 bits per heavy atom. The number of aliphatic hydroxyl groups is 1. The number of primary amides is 1. The molecule has 0 aromatic carbocycles. The van der Waals surface area contributed by atoms with Crippen LogP contribution in [0.25, 0.3) is 0 Å². The summed E-state index contributed by atoms with van der Waals surface area (Å²) in [5.74, 6) is -4.86. The first-order chi connectivity index (χ1) is 12.9. The molecular formula is C16H29N5O7. The molecule has 4 amide bonds. The quantitative estimate of drug-likeness (QED) is 0.175. The van der Waals surface area contributed by atoms with Crippen molar-refractivity contribution >= 4 is 29.6 Å². The van der Waals surface area contributed by atoms with Gasteiger partial charge in [-0.15, -0.1) is 0 Å². The minimum atomic E-state index is -1.44. The highest BCUT2D eigenvalue weighted by Crippen LogP contribution is 2.07. The van der Waals surface area contributed by atoms with Gasteiger partial charge in [-0.1, -0.05) is 20.3 Å². The van der Waals surface area contributed by atoms with Crippen molar-refractivity contribution in [2.24, 2.45) is 17.4 Å². The predicted octanol–water partition coefficient (Wildman–Crippen LogP) is -3.21. The van der Waals surface area contributed by atoms with E-state index in [0.29, 0.717) is 6.42 Å². The van der Waals surface area contributed by atoms with Crippen LogP contribution in [0.2, 0.25) is 0 Å². The molecule has 0 saturated carbocycles. The van der Waals surface area contributed by atoms with Crippen LogP contribution in [0.1, 0.15) is 33.6 Å². The molecule has 0 rings (SSSR count). The van der Waals surface area contributed by atoms with Crippen molar-refractivity contribution in [2.75, 3.05) is 6.54 Å². The summed E-state index contributed by atoms with van der Waals surface area (Å²) in [5.41, 5.74) is 10.4. The van der Waals surface area contributed by atoms with Crippen LogP contribution in [0.3, 0.4) is 0 Å². The molecule has 5 unspecified atom stereocenters. The molecule has 160 valence electrons. The zero-order valence-corrected chi connectivity index (χ0v) is 16.1. The SMILES string of the molecule is CCC(C)C(NC(=O)CNC(=O)C(NC(=O)C(N)CC(N)=O)C(C)O)C(=O)O. The second kappa shape index (κ2) is 11.9. The molecule has 0 fully saturated rings. The molecular weight excluding hydrogens is 374 g/mol. The predicted molar refractivity (Wildman–Crippen MR) is 97.4 cm³/mol. The molecule has 0 heterocycles. The lowest BCUT2D eigenvalue weighted by molar-refractivity contribution is -0.143. The summed E-state index contributed by atoms with van der Waals surface area (Å²) >= 11 is 0. The van der Waals surface area contributed by atoms with Crippen molar-refractivity contribution in [2.45, 2.75) is 57.8 Å². The van der Waals surface area contributed by atoms with Crippen LogP contribution < -0.4 is 27.4 Å². The van der Waals surface area contributed by atoms with Gasteiger partial charge in [-0.2, -0.15) is 0 Å². The van der Waals surface area contributed by atoms with Gasteiger partial charge >= 0.3 is 5.97 Å². The number of aliphatic carboxylic acids is 1. The second-order valence-corrected chi connectivity index (χ2v) is 6.49. The van der Waals surface area contributed by atoms with E-state index in [0.717, 1.165) is 0 Å². The van der Waals surface area contributed by atoms with Gasteiger partial charge in [0.25, 0.3) is 0 Å². The fraction of sp³-hybridized carbons (Fsp3) is 0.688. The molecule has 0 aliphatic heterocycles. The number of carboxylic acid groups (broad SMARTS) is 1. The monoisotopic (exact) mass is 403 g/mol. The highest BCUT2D eigenvalue weighted by Gasteiger charge is 2.29. The van der Waals surface area contributed by atoms with Crippen LogP contribution in [-0.2, 0) is 24.0 Å². The van der Waals surface area contributed by atoms with Crippen molar-refractivity contribution in [3.8, 4) is 0 Å². The number of amides is 4. The number of nitrogens with one attached hydrogen (secondary N) is 3. The Kier molecular flexibility index (Phi) is 10.7. The van der Waals surface area contributed by atoms with Crippen molar-refractivity contribution in [3.63, 3.8) is 0 Å². The van der Waals surface area contributed by atoms with Crippen LogP contribution in [-0.4, -0.2) is 70.6 Å². The van der Waals surface area contributed by atoms with E-state index in [9.17, 15) is 29.1 Å². The Hall–Kier alpha value is -2.73. The Morgan fingerprint density at radius 2 is 1.57 bits per heavy atom. The third-order valence-corrected chi connectivity index (χ3v) is 4.04. The molecule has 12 heteroatoms. The molecule has 0 aromatic rings. The van der Waals surface area contributed by atoms with Crippen LogP contribution in [0.15, 0.2) is 0 Å². The number of hydrogen-bond acceptors (Lipinski definition) is 7. The standard InChI is InChI=1S/C16H29N5O7/c1-4-7(2)12(16(27)28)20-11(24)6-19-15(26)13(8(3)22)21-14(25)9(17)5-10(18)23/h7-9,12-13,22H,4-6,17H2,1-3H3,(H2,18,23)(H,19,26)(H,20,24)(H,21,25)(H,27,28). The summed E-state index contributed by atoms with van der Waals surface area (Å²) in [6.07, 6.45) is -1.26. The van der Waals surface area contributed by atoms with E-state index in [1.54, 1.807) is 13.8 Å². The van der Waals surface area contributed by atoms with Gasteiger partial charge in [0.1, 0.15) is 12.1 Å². The molecule has 28 heavy (non-hydrogen) atoms. The molecule has 0 aromatic heterocycles. The fourth-order valence-electron chi connectivity index (χ4n) is 2.16. The molecule has 0 spiro atoms. The van der Waals surface area contributed by atoms with Gasteiger partial charge in [0.15, 0.2) is 0 Å². The molecule has 9 N–H and O–H groups in total. The van der Waals surface area contributed by atoms with Gasteiger partial charge in [-0.05, 0) is 12.8 Å². The summed E-state index contributed by atoms with van der Waals surface area (Å²) in [7, 11) is 0. The van der Waals surface area contributed by atoms with Gasteiger partial charge < -0.3 is 37.6 Å². The maximum absolute atomic E-state index is 12.2. The number of rotatable bonds is 12. The fourth-order valence-corrected chi connectivity index (χ4v) is 2.16. The Balaban J connectivity index is 4.81. The van der Waals surface area contributed by atoms with E-state index in [-0.39, 0.29) is 5.92 Å². The van der Waals surface area contributed by atoms with Gasteiger partial charge in [-0.3, -0.25) is 19.2 Å². The molecule has 0 saturated heterocycles. The maximum Gasteiger partial charge on any atom is 0.326 e. The lowest BCUT2D eigenvalue weighted by Crippen LogP contribution is -2.57. The van der Waals surface area contributed by atoms with Gasteiger partial charge in [0.2, 0.25) is 23.6 Å². The number of nitrogens with two attached hydrogens (primary N) is 2. The van der Waals surface area contributed by atoms with Gasteiger partial charge in [0.05, 0.1) is 25.1 Å². The number of hydrogen-bond donors (Lipinski definition) is 7. The average Bonchev–Trinajstić information content (AvgIpc) is 2.59. The molecule has 12 nitrogen and oxygen atoms in total. The topological polar surface area (TPSA) is 214 Å². The second-order valence-electron chi connectivity index (χ2n) is 6.49. The molecule has 0 aliphatic carbocycles. The number of carbonyl (C=O) groups excluding carboxylic acids is 4. The zero-order chi connectivity index (χ0) is 22.0. The van der Waals surface area contributed by atoms with Crippen LogP contribution in [0, 0.1) is 5.92 Å². The lowest BCUT2D eigenvalue weighted by Gasteiger charge is -2.23. The van der Waals surface area contributed by atoms with Crippen LogP contribution in [0.4, 0.5) is 0 Å². The highest BCUT2D eigenvalue weighted by atomic mass is 16.4. The number of carbonyl (C=O) groups is 5. The van der Waals surface area contributed by atoms with E-state index >= 15 is 0 Å². The minimum absolute atomic E-state index is 0.326. The summed E-state index contributed by atoms with van der Waals surface area (Å²) in [6.45, 7) is 4.10. The van der Waals surface area contributed by atoms with E-state index in [2.05, 4.69) is 16.0 Å². The molecule has 0 radical (unpaired) electrons. The smallest absolute Gasteiger partial charge is 0.326 e. The highest BCUT2D eigenvalue weighted by molar-refractivity contribution is 5.94. The summed E-state index contributed by atoms with van der Waals surface area (Å²) in [6, 6.07) is -3.86. The van der Waals surface area contributed by atoms with E-state index in [1.165, 1.54) is 6.92 Å². The first-order valence-corrected chi connectivity index (χ1v) is 8.72. The van der Waals surface area contributed by atoms with Crippen molar-refractivity contribution in [3.05, 3.63) is 0 Å². The Morgan fingerprint density at radius 1 is 1.00 bits per heavy atom. The van der Waals surface area contributed by atoms with Gasteiger partial charge in [-0.25, -0.2) is 4.79 Å². The third kappa shape index (κ3) is 8.77. The van der Waals surface area contributed by atoms with Gasteiger partial charge in [0, 0.05) is 0 Å². The van der Waals surface area contributed by atoms with Crippen molar-refractivity contribution < 1.29 is 34.2 Å². The van der Waals surface area contributed by atoms with Crippen molar-refractivity contribution in [1.29, 1.82) is 0 Å². The third-order valence-electron chi connectivity index (χ3n) is 4.04. The van der Waals surface area contributed by atoms with E-state index < -0.39 is 66.8 Å². The Bertz CT molecular complexity index is 596. The number of carboxylic acids is 1. The molecule has 0 aliphatic rings. The maximum atomic E-state index is 12.2. The Labute approximate surface area is 162 Å². The van der Waals surface area contributed by atoms with Crippen LogP contribution in [0.5, 0.6) is 0 Å². The van der Waals surface area contributed by atoms with E-state index in [1.807, 2.05) is 0 Å².